The van der Waals surface area contributed by atoms with Crippen LogP contribution in [0.1, 0.15) is 6.92 Å². The van der Waals surface area contributed by atoms with Crippen molar-refractivity contribution in [3.05, 3.63) is 40.7 Å². The van der Waals surface area contributed by atoms with E-state index in [9.17, 15) is 9.59 Å². The molecule has 0 aliphatic carbocycles. The van der Waals surface area contributed by atoms with Crippen LogP contribution in [0, 0.1) is 0 Å². The lowest BCUT2D eigenvalue weighted by atomic mass is 10.3. The molecule has 25 heavy (non-hydrogen) atoms. The second kappa shape index (κ2) is 7.58. The lowest BCUT2D eigenvalue weighted by molar-refractivity contribution is -0.143. The number of nitrogens with zero attached hydrogens (tertiary/aromatic N) is 5. The largest absolute Gasteiger partial charge is 0.465 e. The third kappa shape index (κ3) is 4.12. The van der Waals surface area contributed by atoms with E-state index in [0.29, 0.717) is 9.82 Å². The molecule has 1 aromatic carbocycles. The Morgan fingerprint density at radius 2 is 2.20 bits per heavy atom. The van der Waals surface area contributed by atoms with Crippen molar-refractivity contribution < 1.29 is 14.3 Å². The zero-order valence-corrected chi connectivity index (χ0v) is 14.8. The summed E-state index contributed by atoms with van der Waals surface area (Å²) >= 11 is 7.30. The molecule has 1 amide bonds. The zero-order chi connectivity index (χ0) is 17.8. The number of fused-ring (bicyclic) bond motifs is 1. The van der Waals surface area contributed by atoms with Gasteiger partial charge >= 0.3 is 5.97 Å². The summed E-state index contributed by atoms with van der Waals surface area (Å²) in [4.78, 5) is 32.4. The van der Waals surface area contributed by atoms with Gasteiger partial charge in [-0.25, -0.2) is 9.67 Å². The molecule has 0 saturated heterocycles. The summed E-state index contributed by atoms with van der Waals surface area (Å²) in [5.74, 6) is -0.803. The topological polar surface area (TPSA) is 91.4 Å². The molecule has 8 nitrogen and oxygen atoms in total. The first kappa shape index (κ1) is 17.3. The minimum atomic E-state index is -0.402. The van der Waals surface area contributed by atoms with Crippen LogP contribution in [0.15, 0.2) is 35.8 Å². The van der Waals surface area contributed by atoms with E-state index in [1.54, 1.807) is 29.7 Å². The Bertz CT molecular complexity index is 977. The lowest BCUT2D eigenvalue weighted by Gasteiger charge is -2.05. The second-order valence-electron chi connectivity index (χ2n) is 4.99. The minimum absolute atomic E-state index is 0.0333. The van der Waals surface area contributed by atoms with Gasteiger partial charge in [-0.3, -0.25) is 9.59 Å². The van der Waals surface area contributed by atoms with Gasteiger partial charge in [-0.05, 0) is 25.1 Å². The SMILES string of the molecule is CCOC(=O)Cn1c(=NC(=O)Cn2cncn2)sc2cc(Cl)ccc21. The quantitative estimate of drug-likeness (QED) is 0.628. The molecule has 0 bridgehead atoms. The van der Waals surface area contributed by atoms with Gasteiger partial charge in [0.2, 0.25) is 0 Å². The molecular weight excluding hydrogens is 366 g/mol. The predicted octanol–water partition coefficient (Wildman–Crippen LogP) is 1.64. The van der Waals surface area contributed by atoms with Crippen LogP contribution in [-0.2, 0) is 27.4 Å². The fourth-order valence-corrected chi connectivity index (χ4v) is 3.54. The van der Waals surface area contributed by atoms with Crippen molar-refractivity contribution in [1.29, 1.82) is 0 Å². The van der Waals surface area contributed by atoms with Gasteiger partial charge in [-0.1, -0.05) is 22.9 Å². The van der Waals surface area contributed by atoms with Gasteiger partial charge in [0.15, 0.2) is 4.80 Å². The summed E-state index contributed by atoms with van der Waals surface area (Å²) in [5.41, 5.74) is 0.759. The standard InChI is InChI=1S/C15H14ClN5O3S/c1-2-24-14(23)7-21-11-4-3-10(16)5-12(11)25-15(21)19-13(22)6-20-9-17-8-18-20/h3-5,8-9H,2,6-7H2,1H3. The van der Waals surface area contributed by atoms with E-state index in [4.69, 9.17) is 16.3 Å². The number of amides is 1. The van der Waals surface area contributed by atoms with Gasteiger partial charge in [0.1, 0.15) is 25.7 Å². The van der Waals surface area contributed by atoms with Gasteiger partial charge in [-0.2, -0.15) is 10.1 Å². The lowest BCUT2D eigenvalue weighted by Crippen LogP contribution is -2.23. The highest BCUT2D eigenvalue weighted by molar-refractivity contribution is 7.16. The van der Waals surface area contributed by atoms with E-state index in [-0.39, 0.29) is 19.7 Å². The summed E-state index contributed by atoms with van der Waals surface area (Å²) < 4.78 is 8.85. The Kier molecular flexibility index (Phi) is 5.25. The normalized spacial score (nSPS) is 11.8. The van der Waals surface area contributed by atoms with Crippen LogP contribution in [0.4, 0.5) is 0 Å². The van der Waals surface area contributed by atoms with Crippen molar-refractivity contribution in [3.8, 4) is 0 Å². The molecule has 0 unspecified atom stereocenters. The number of rotatable bonds is 5. The first-order valence-electron chi connectivity index (χ1n) is 7.41. The summed E-state index contributed by atoms with van der Waals surface area (Å²) in [5, 5.41) is 4.44. The molecule has 0 aliphatic rings. The van der Waals surface area contributed by atoms with Crippen LogP contribution in [0.2, 0.25) is 5.02 Å². The molecule has 3 rings (SSSR count). The van der Waals surface area contributed by atoms with E-state index >= 15 is 0 Å². The maximum absolute atomic E-state index is 12.2. The van der Waals surface area contributed by atoms with E-state index in [2.05, 4.69) is 15.1 Å². The summed E-state index contributed by atoms with van der Waals surface area (Å²) in [6, 6.07) is 5.28. The Balaban J connectivity index is 2.01. The van der Waals surface area contributed by atoms with Crippen molar-refractivity contribution >= 4 is 45.0 Å². The highest BCUT2D eigenvalue weighted by atomic mass is 35.5. The number of carbonyl (C=O) groups excluding carboxylic acids is 2. The molecule has 0 atom stereocenters. The van der Waals surface area contributed by atoms with Gasteiger partial charge in [0.05, 0.1) is 16.8 Å². The second-order valence-corrected chi connectivity index (χ2v) is 6.43. The molecule has 2 aromatic heterocycles. The van der Waals surface area contributed by atoms with Crippen molar-refractivity contribution in [3.63, 3.8) is 0 Å². The van der Waals surface area contributed by atoms with Crippen LogP contribution >= 0.6 is 22.9 Å². The number of aromatic nitrogens is 4. The monoisotopic (exact) mass is 379 g/mol. The number of benzene rings is 1. The van der Waals surface area contributed by atoms with E-state index in [0.717, 1.165) is 10.2 Å². The average Bonchev–Trinajstić information content (AvgIpc) is 3.16. The average molecular weight is 380 g/mol. The maximum atomic E-state index is 12.2. The molecule has 0 saturated carbocycles. The smallest absolute Gasteiger partial charge is 0.326 e. The Labute approximate surface area is 151 Å². The first-order valence-corrected chi connectivity index (χ1v) is 8.60. The molecule has 0 spiro atoms. The van der Waals surface area contributed by atoms with Gasteiger partial charge < -0.3 is 9.30 Å². The van der Waals surface area contributed by atoms with E-state index in [1.165, 1.54) is 28.7 Å². The van der Waals surface area contributed by atoms with Crippen LogP contribution in [0.25, 0.3) is 10.2 Å². The Morgan fingerprint density at radius 1 is 1.36 bits per heavy atom. The highest BCUT2D eigenvalue weighted by Gasteiger charge is 2.13. The fraction of sp³-hybridized carbons (Fsp3) is 0.267. The van der Waals surface area contributed by atoms with Crippen molar-refractivity contribution in [2.75, 3.05) is 6.61 Å². The summed E-state index contributed by atoms with van der Waals surface area (Å²) in [6.45, 7) is 1.95. The number of hydrogen-bond acceptors (Lipinski definition) is 6. The van der Waals surface area contributed by atoms with Gasteiger partial charge in [0, 0.05) is 5.02 Å². The Hall–Kier alpha value is -2.52. The molecule has 130 valence electrons. The maximum Gasteiger partial charge on any atom is 0.326 e. The van der Waals surface area contributed by atoms with E-state index in [1.807, 2.05) is 0 Å². The van der Waals surface area contributed by atoms with Crippen molar-refractivity contribution in [2.45, 2.75) is 20.0 Å². The molecular formula is C15H14ClN5O3S. The predicted molar refractivity (Wildman–Crippen MR) is 92.1 cm³/mol. The highest BCUT2D eigenvalue weighted by Crippen LogP contribution is 2.22. The molecule has 10 heteroatoms. The van der Waals surface area contributed by atoms with Gasteiger partial charge in [-0.15, -0.1) is 0 Å². The number of carbonyl (C=O) groups is 2. The number of esters is 1. The van der Waals surface area contributed by atoms with Crippen LogP contribution in [-0.4, -0.2) is 37.8 Å². The number of thiazole rings is 1. The molecule has 0 radical (unpaired) electrons. The van der Waals surface area contributed by atoms with Crippen molar-refractivity contribution in [1.82, 2.24) is 19.3 Å². The molecule has 0 aliphatic heterocycles. The first-order chi connectivity index (χ1) is 12.1. The van der Waals surface area contributed by atoms with Crippen LogP contribution < -0.4 is 4.80 Å². The third-order valence-corrected chi connectivity index (χ3v) is 4.50. The number of ether oxygens (including phenoxy) is 1. The fourth-order valence-electron chi connectivity index (χ4n) is 2.22. The van der Waals surface area contributed by atoms with Gasteiger partial charge in [0.25, 0.3) is 5.91 Å². The summed E-state index contributed by atoms with van der Waals surface area (Å²) in [6.07, 6.45) is 2.78. The minimum Gasteiger partial charge on any atom is -0.465 e. The number of halogens is 1. The van der Waals surface area contributed by atoms with Crippen LogP contribution in [0.5, 0.6) is 0 Å². The zero-order valence-electron chi connectivity index (χ0n) is 13.3. The Morgan fingerprint density at radius 3 is 2.92 bits per heavy atom. The van der Waals surface area contributed by atoms with Crippen molar-refractivity contribution in [2.24, 2.45) is 4.99 Å². The van der Waals surface area contributed by atoms with Crippen LogP contribution in [0.3, 0.4) is 0 Å². The summed E-state index contributed by atoms with van der Waals surface area (Å²) in [7, 11) is 0. The van der Waals surface area contributed by atoms with E-state index < -0.39 is 11.9 Å². The molecule has 3 aromatic rings. The number of hydrogen-bond donors (Lipinski definition) is 0. The molecule has 0 N–H and O–H groups in total. The molecule has 0 fully saturated rings. The molecule has 2 heterocycles. The third-order valence-electron chi connectivity index (χ3n) is 3.22.